The highest BCUT2D eigenvalue weighted by Gasteiger charge is 2.17. The molecule has 9 nitrogen and oxygen atoms in total. The van der Waals surface area contributed by atoms with Crippen LogP contribution in [0.1, 0.15) is 25.2 Å². The molecule has 29 heavy (non-hydrogen) atoms. The highest BCUT2D eigenvalue weighted by molar-refractivity contribution is 5.76. The summed E-state index contributed by atoms with van der Waals surface area (Å²) >= 11 is 0. The largest absolute Gasteiger partial charge is 0.475 e. The van der Waals surface area contributed by atoms with Crippen LogP contribution in [0, 0.1) is 0 Å². The Morgan fingerprint density at radius 2 is 1.83 bits per heavy atom. The van der Waals surface area contributed by atoms with Gasteiger partial charge in [0.2, 0.25) is 5.88 Å². The molecule has 0 saturated heterocycles. The van der Waals surface area contributed by atoms with Gasteiger partial charge in [0.25, 0.3) is 5.56 Å². The first-order valence-corrected chi connectivity index (χ1v) is 9.47. The van der Waals surface area contributed by atoms with E-state index in [2.05, 4.69) is 9.97 Å². The van der Waals surface area contributed by atoms with Gasteiger partial charge in [0.15, 0.2) is 11.2 Å². The highest BCUT2D eigenvalue weighted by atomic mass is 16.5. The summed E-state index contributed by atoms with van der Waals surface area (Å²) in [5.41, 5.74) is 0.998. The van der Waals surface area contributed by atoms with E-state index in [9.17, 15) is 9.59 Å². The van der Waals surface area contributed by atoms with Crippen molar-refractivity contribution in [3.05, 3.63) is 50.6 Å². The second kappa shape index (κ2) is 8.87. The Kier molecular flexibility index (Phi) is 6.28. The lowest BCUT2D eigenvalue weighted by Gasteiger charge is -2.08. The van der Waals surface area contributed by atoms with Crippen LogP contribution in [0.15, 0.2) is 27.9 Å². The van der Waals surface area contributed by atoms with Crippen LogP contribution >= 0.6 is 0 Å². The van der Waals surface area contributed by atoms with Crippen LogP contribution in [0.4, 0.5) is 0 Å². The summed E-state index contributed by atoms with van der Waals surface area (Å²) in [5, 5.41) is 0. The third kappa shape index (κ3) is 4.00. The molecule has 0 fully saturated rings. The molecule has 154 valence electrons. The number of fused-ring (bicyclic) bond motifs is 1. The van der Waals surface area contributed by atoms with Crippen molar-refractivity contribution in [2.75, 3.05) is 20.3 Å². The fourth-order valence-electron chi connectivity index (χ4n) is 3.07. The van der Waals surface area contributed by atoms with Gasteiger partial charge in [0, 0.05) is 39.5 Å². The van der Waals surface area contributed by atoms with Crippen molar-refractivity contribution in [1.82, 2.24) is 23.7 Å². The molecule has 3 heterocycles. The van der Waals surface area contributed by atoms with Gasteiger partial charge < -0.3 is 14.0 Å². The quantitative estimate of drug-likeness (QED) is 0.533. The summed E-state index contributed by atoms with van der Waals surface area (Å²) in [6, 6.07) is 3.65. The average Bonchev–Trinajstić information content (AvgIpc) is 3.04. The first-order valence-electron chi connectivity index (χ1n) is 9.47. The van der Waals surface area contributed by atoms with Crippen LogP contribution in [-0.2, 0) is 24.9 Å². The van der Waals surface area contributed by atoms with Gasteiger partial charge in [0.1, 0.15) is 12.4 Å². The normalized spacial score (nSPS) is 11.6. The monoisotopic (exact) mass is 399 g/mol. The Morgan fingerprint density at radius 1 is 1.07 bits per heavy atom. The van der Waals surface area contributed by atoms with Gasteiger partial charge >= 0.3 is 5.69 Å². The SMILES string of the molecule is CCn1c(=O)c2c(nc(/C=C/c3ccc(OCCOC)nc3)n2C)n(CC)c1=O. The maximum absolute atomic E-state index is 12.7. The summed E-state index contributed by atoms with van der Waals surface area (Å²) in [5.74, 6) is 1.10. The number of aromatic nitrogens is 5. The molecule has 9 heteroatoms. The van der Waals surface area contributed by atoms with Crippen molar-refractivity contribution in [2.24, 2.45) is 7.05 Å². The van der Waals surface area contributed by atoms with Crippen molar-refractivity contribution in [3.8, 4) is 5.88 Å². The molecule has 0 spiro atoms. The minimum absolute atomic E-state index is 0.314. The van der Waals surface area contributed by atoms with Crippen LogP contribution in [-0.4, -0.2) is 44.0 Å². The van der Waals surface area contributed by atoms with Crippen molar-refractivity contribution < 1.29 is 9.47 Å². The first kappa shape index (κ1) is 20.5. The number of nitrogens with zero attached hydrogens (tertiary/aromatic N) is 5. The van der Waals surface area contributed by atoms with Gasteiger partial charge in [-0.2, -0.15) is 0 Å². The van der Waals surface area contributed by atoms with E-state index in [1.165, 1.54) is 9.13 Å². The Hall–Kier alpha value is -3.20. The number of aryl methyl sites for hydroxylation is 2. The van der Waals surface area contributed by atoms with E-state index in [4.69, 9.17) is 9.47 Å². The molecule has 0 N–H and O–H groups in total. The van der Waals surface area contributed by atoms with Crippen molar-refractivity contribution >= 4 is 23.3 Å². The van der Waals surface area contributed by atoms with E-state index in [0.29, 0.717) is 49.2 Å². The minimum atomic E-state index is -0.339. The summed E-state index contributed by atoms with van der Waals surface area (Å²) in [6.45, 7) is 5.32. The lowest BCUT2D eigenvalue weighted by Crippen LogP contribution is -2.39. The van der Waals surface area contributed by atoms with E-state index in [1.807, 2.05) is 19.1 Å². The molecule has 0 atom stereocenters. The van der Waals surface area contributed by atoms with E-state index >= 15 is 0 Å². The Balaban J connectivity index is 1.95. The second-order valence-electron chi connectivity index (χ2n) is 6.38. The van der Waals surface area contributed by atoms with Gasteiger partial charge in [-0.05, 0) is 37.6 Å². The van der Waals surface area contributed by atoms with Crippen LogP contribution in [0.2, 0.25) is 0 Å². The maximum atomic E-state index is 12.7. The van der Waals surface area contributed by atoms with Gasteiger partial charge in [-0.15, -0.1) is 0 Å². The Labute approximate surface area is 167 Å². The standard InChI is InChI=1S/C20H25N5O4/c1-5-24-18-17(19(26)25(6-2)20(24)27)23(3)15(22-18)9-7-14-8-10-16(21-13-14)29-12-11-28-4/h7-10,13H,5-6,11-12H2,1-4H3/b9-7+. The van der Waals surface area contributed by atoms with Crippen LogP contribution < -0.4 is 16.0 Å². The molecule has 0 bridgehead atoms. The highest BCUT2D eigenvalue weighted by Crippen LogP contribution is 2.14. The fraction of sp³-hybridized carbons (Fsp3) is 0.400. The third-order valence-corrected chi connectivity index (χ3v) is 4.63. The van der Waals surface area contributed by atoms with Gasteiger partial charge in [0.05, 0.1) is 6.61 Å². The third-order valence-electron chi connectivity index (χ3n) is 4.63. The fourth-order valence-corrected chi connectivity index (χ4v) is 3.07. The molecule has 0 radical (unpaired) electrons. The predicted molar refractivity (Wildman–Crippen MR) is 111 cm³/mol. The number of hydrogen-bond acceptors (Lipinski definition) is 6. The molecular formula is C20H25N5O4. The smallest absolute Gasteiger partial charge is 0.332 e. The molecule has 0 aliphatic carbocycles. The summed E-state index contributed by atoms with van der Waals surface area (Å²) < 4.78 is 14.8. The van der Waals surface area contributed by atoms with Crippen LogP contribution in [0.5, 0.6) is 5.88 Å². The molecule has 3 rings (SSSR count). The van der Waals surface area contributed by atoms with Crippen molar-refractivity contribution in [2.45, 2.75) is 26.9 Å². The van der Waals surface area contributed by atoms with Crippen LogP contribution in [0.3, 0.4) is 0 Å². The Morgan fingerprint density at radius 3 is 2.45 bits per heavy atom. The zero-order valence-electron chi connectivity index (χ0n) is 17.1. The molecular weight excluding hydrogens is 374 g/mol. The van der Waals surface area contributed by atoms with Crippen LogP contribution in [0.25, 0.3) is 23.3 Å². The van der Waals surface area contributed by atoms with E-state index in [0.717, 1.165) is 5.56 Å². The predicted octanol–water partition coefficient (Wildman–Crippen LogP) is 1.53. The second-order valence-corrected chi connectivity index (χ2v) is 6.38. The summed E-state index contributed by atoms with van der Waals surface area (Å²) in [6.07, 6.45) is 5.33. The number of methoxy groups -OCH3 is 1. The van der Waals surface area contributed by atoms with Crippen molar-refractivity contribution in [1.29, 1.82) is 0 Å². The zero-order valence-corrected chi connectivity index (χ0v) is 17.1. The van der Waals surface area contributed by atoms with E-state index < -0.39 is 0 Å². The van der Waals surface area contributed by atoms with Gasteiger partial charge in [-0.25, -0.2) is 14.8 Å². The lowest BCUT2D eigenvalue weighted by atomic mass is 10.2. The molecule has 0 amide bonds. The van der Waals surface area contributed by atoms with E-state index in [-0.39, 0.29) is 11.2 Å². The lowest BCUT2D eigenvalue weighted by molar-refractivity contribution is 0.144. The average molecular weight is 399 g/mol. The zero-order chi connectivity index (χ0) is 21.0. The molecule has 3 aromatic heterocycles. The number of hydrogen-bond donors (Lipinski definition) is 0. The van der Waals surface area contributed by atoms with E-state index in [1.54, 1.807) is 44.0 Å². The molecule has 3 aromatic rings. The molecule has 0 unspecified atom stereocenters. The first-order chi connectivity index (χ1) is 14.0. The number of imidazole rings is 1. The van der Waals surface area contributed by atoms with Crippen molar-refractivity contribution in [3.63, 3.8) is 0 Å². The number of rotatable bonds is 8. The molecule has 0 saturated carbocycles. The summed E-state index contributed by atoms with van der Waals surface area (Å²) in [7, 11) is 3.38. The molecule has 0 aromatic carbocycles. The maximum Gasteiger partial charge on any atom is 0.332 e. The Bertz CT molecular complexity index is 1140. The number of ether oxygens (including phenoxy) is 2. The van der Waals surface area contributed by atoms with Gasteiger partial charge in [-0.1, -0.05) is 0 Å². The topological polar surface area (TPSA) is 93.2 Å². The summed E-state index contributed by atoms with van der Waals surface area (Å²) in [4.78, 5) is 34.0. The molecule has 0 aliphatic heterocycles. The molecule has 0 aliphatic rings. The minimum Gasteiger partial charge on any atom is -0.475 e. The number of pyridine rings is 1. The van der Waals surface area contributed by atoms with Gasteiger partial charge in [-0.3, -0.25) is 13.9 Å².